The maximum Gasteiger partial charge on any atom is 0.320 e. The van der Waals surface area contributed by atoms with Crippen molar-refractivity contribution in [3.8, 4) is 0 Å². The molecule has 8 N–H and O–H groups in total. The lowest BCUT2D eigenvalue weighted by Crippen LogP contribution is -2.29. The van der Waals surface area contributed by atoms with Crippen LogP contribution in [0.5, 0.6) is 0 Å². The van der Waals surface area contributed by atoms with Crippen molar-refractivity contribution in [1.82, 2.24) is 0 Å². The van der Waals surface area contributed by atoms with Crippen molar-refractivity contribution in [2.24, 2.45) is 17.2 Å². The number of aliphatic carboxylic acids is 2. The van der Waals surface area contributed by atoms with Crippen LogP contribution in [0.2, 0.25) is 0 Å². The second-order valence-electron chi connectivity index (χ2n) is 8.65. The standard InChI is InChI=1S/C8H8O2.C7H5NO3.C6H14N2O2.C6H13N/c9-8(10)6-7-4-2-1-3-5-7;9-5-6-1-3-7(4-2-6)8(10)11;7-4-2-1-3-5(8)6(9)10;7-6-4-2-1-3-5-6/h1-5H,6H2,(H,9,10);1-5H;5H,1-4,7-8H2,(H,9,10);6H,1-5,7H2/t;;5-;/m..0./s1. The molecule has 0 heterocycles. The fourth-order valence-corrected chi connectivity index (χ4v) is 3.21. The van der Waals surface area contributed by atoms with Gasteiger partial charge in [-0.3, -0.25) is 24.5 Å². The summed E-state index contributed by atoms with van der Waals surface area (Å²) < 4.78 is 0. The number of nitro groups is 1. The number of nitro benzene ring substituents is 1. The lowest BCUT2D eigenvalue weighted by atomic mass is 9.97. The smallest absolute Gasteiger partial charge is 0.320 e. The molecule has 3 rings (SSSR count). The van der Waals surface area contributed by atoms with E-state index in [2.05, 4.69) is 0 Å². The number of carbonyl (C=O) groups excluding carboxylic acids is 1. The number of aldehydes is 1. The number of rotatable bonds is 9. The van der Waals surface area contributed by atoms with Crippen LogP contribution in [0.1, 0.15) is 67.3 Å². The Hall–Kier alpha value is -3.67. The fraction of sp³-hybridized carbons (Fsp3) is 0.444. The Morgan fingerprint density at radius 2 is 1.58 bits per heavy atom. The monoisotopic (exact) mass is 532 g/mol. The first-order chi connectivity index (χ1) is 18.1. The van der Waals surface area contributed by atoms with Crippen LogP contribution in [0.3, 0.4) is 0 Å². The highest BCUT2D eigenvalue weighted by atomic mass is 16.6. The van der Waals surface area contributed by atoms with Crippen molar-refractivity contribution in [2.75, 3.05) is 6.54 Å². The van der Waals surface area contributed by atoms with Gasteiger partial charge in [0.1, 0.15) is 12.3 Å². The van der Waals surface area contributed by atoms with E-state index in [1.807, 2.05) is 18.2 Å². The summed E-state index contributed by atoms with van der Waals surface area (Å²) in [5.41, 5.74) is 17.3. The number of benzene rings is 2. The van der Waals surface area contributed by atoms with Crippen LogP contribution in [0, 0.1) is 10.1 Å². The Bertz CT molecular complexity index is 934. The van der Waals surface area contributed by atoms with Crippen molar-refractivity contribution < 1.29 is 29.5 Å². The molecular weight excluding hydrogens is 492 g/mol. The van der Waals surface area contributed by atoms with E-state index in [9.17, 15) is 24.5 Å². The van der Waals surface area contributed by atoms with Gasteiger partial charge < -0.3 is 27.4 Å². The summed E-state index contributed by atoms with van der Waals surface area (Å²) in [5.74, 6) is -1.72. The topological polar surface area (TPSA) is 213 Å². The lowest BCUT2D eigenvalue weighted by molar-refractivity contribution is -0.384. The van der Waals surface area contributed by atoms with Crippen LogP contribution in [0.4, 0.5) is 5.69 Å². The van der Waals surface area contributed by atoms with E-state index >= 15 is 0 Å². The number of hydrogen-bond acceptors (Lipinski definition) is 8. The molecule has 0 saturated heterocycles. The summed E-state index contributed by atoms with van der Waals surface area (Å²) in [5, 5.41) is 26.8. The quantitative estimate of drug-likeness (QED) is 0.137. The summed E-state index contributed by atoms with van der Waals surface area (Å²) in [6.07, 6.45) is 9.58. The Kier molecular flexibility index (Phi) is 19.3. The zero-order valence-electron chi connectivity index (χ0n) is 21.6. The molecule has 1 fully saturated rings. The van der Waals surface area contributed by atoms with Gasteiger partial charge in [0.15, 0.2) is 0 Å². The van der Waals surface area contributed by atoms with Gasteiger partial charge in [-0.1, -0.05) is 56.0 Å². The molecule has 2 aromatic carbocycles. The van der Waals surface area contributed by atoms with Crippen LogP contribution < -0.4 is 17.2 Å². The van der Waals surface area contributed by atoms with Crippen molar-refractivity contribution in [3.05, 3.63) is 75.8 Å². The number of unbranched alkanes of at least 4 members (excludes halogenated alkanes) is 1. The molecule has 1 aliphatic carbocycles. The van der Waals surface area contributed by atoms with E-state index in [-0.39, 0.29) is 12.1 Å². The molecule has 0 radical (unpaired) electrons. The maximum atomic E-state index is 10.2. The van der Waals surface area contributed by atoms with Crippen LogP contribution in [-0.4, -0.2) is 52.0 Å². The second-order valence-corrected chi connectivity index (χ2v) is 8.65. The summed E-state index contributed by atoms with van der Waals surface area (Å²) in [6.45, 7) is 0.604. The zero-order chi connectivity index (χ0) is 28.8. The van der Waals surface area contributed by atoms with Gasteiger partial charge in [-0.2, -0.15) is 0 Å². The number of non-ortho nitro benzene ring substituents is 1. The first-order valence-corrected chi connectivity index (χ1v) is 12.5. The molecule has 0 unspecified atom stereocenters. The predicted molar refractivity (Wildman–Crippen MR) is 146 cm³/mol. The highest BCUT2D eigenvalue weighted by Crippen LogP contribution is 2.14. The van der Waals surface area contributed by atoms with E-state index in [4.69, 9.17) is 27.4 Å². The highest BCUT2D eigenvalue weighted by molar-refractivity contribution is 5.75. The molecular formula is C27H40N4O7. The summed E-state index contributed by atoms with van der Waals surface area (Å²) in [6, 6.07) is 14.4. The van der Waals surface area contributed by atoms with Crippen LogP contribution in [-0.2, 0) is 16.0 Å². The number of nitrogens with two attached hydrogens (primary N) is 3. The van der Waals surface area contributed by atoms with Crippen LogP contribution in [0.15, 0.2) is 54.6 Å². The van der Waals surface area contributed by atoms with E-state index in [1.54, 1.807) is 12.1 Å². The minimum absolute atomic E-state index is 0.00407. The van der Waals surface area contributed by atoms with E-state index < -0.39 is 22.9 Å². The number of hydrogen-bond donors (Lipinski definition) is 5. The molecule has 0 amide bonds. The summed E-state index contributed by atoms with van der Waals surface area (Å²) in [7, 11) is 0. The van der Waals surface area contributed by atoms with E-state index in [0.29, 0.717) is 30.9 Å². The summed E-state index contributed by atoms with van der Waals surface area (Å²) in [4.78, 5) is 40.0. The Morgan fingerprint density at radius 1 is 1.00 bits per heavy atom. The van der Waals surface area contributed by atoms with Crippen molar-refractivity contribution >= 4 is 23.9 Å². The molecule has 11 heteroatoms. The number of nitrogens with zero attached hydrogens (tertiary/aromatic N) is 1. The van der Waals surface area contributed by atoms with Gasteiger partial charge in [-0.15, -0.1) is 0 Å². The first kappa shape index (κ1) is 34.3. The average Bonchev–Trinajstić information content (AvgIpc) is 2.90. The van der Waals surface area contributed by atoms with E-state index in [0.717, 1.165) is 18.4 Å². The van der Waals surface area contributed by atoms with Crippen molar-refractivity contribution in [3.63, 3.8) is 0 Å². The third-order valence-electron chi connectivity index (χ3n) is 5.37. The molecule has 0 aliphatic heterocycles. The first-order valence-electron chi connectivity index (χ1n) is 12.5. The van der Waals surface area contributed by atoms with Gasteiger partial charge in [0.25, 0.3) is 5.69 Å². The maximum absolute atomic E-state index is 10.2. The fourth-order valence-electron chi connectivity index (χ4n) is 3.21. The molecule has 0 bridgehead atoms. The Morgan fingerprint density at radius 3 is 1.97 bits per heavy atom. The number of carboxylic acid groups (broad SMARTS) is 2. The van der Waals surface area contributed by atoms with Gasteiger partial charge in [-0.05, 0) is 49.9 Å². The molecule has 1 saturated carbocycles. The minimum atomic E-state index is -0.933. The van der Waals surface area contributed by atoms with Crippen molar-refractivity contribution in [1.29, 1.82) is 0 Å². The van der Waals surface area contributed by atoms with E-state index in [1.165, 1.54) is 56.4 Å². The Labute approximate surface area is 223 Å². The highest BCUT2D eigenvalue weighted by Gasteiger charge is 2.09. The van der Waals surface area contributed by atoms with Crippen LogP contribution in [0.25, 0.3) is 0 Å². The zero-order valence-corrected chi connectivity index (χ0v) is 21.6. The molecule has 1 atom stereocenters. The normalized spacial score (nSPS) is 13.1. The average molecular weight is 533 g/mol. The van der Waals surface area contributed by atoms with Crippen LogP contribution >= 0.6 is 0 Å². The van der Waals surface area contributed by atoms with Gasteiger partial charge in [0.05, 0.1) is 11.3 Å². The molecule has 2 aromatic rings. The minimum Gasteiger partial charge on any atom is -0.481 e. The molecule has 0 aromatic heterocycles. The molecule has 38 heavy (non-hydrogen) atoms. The van der Waals surface area contributed by atoms with Gasteiger partial charge in [-0.25, -0.2) is 0 Å². The summed E-state index contributed by atoms with van der Waals surface area (Å²) >= 11 is 0. The second kappa shape index (κ2) is 21.4. The van der Waals surface area contributed by atoms with Crippen molar-refractivity contribution in [2.45, 2.75) is 69.9 Å². The third kappa shape index (κ3) is 18.6. The number of carbonyl (C=O) groups is 3. The van der Waals surface area contributed by atoms with Gasteiger partial charge in [0, 0.05) is 23.7 Å². The third-order valence-corrected chi connectivity index (χ3v) is 5.37. The number of carboxylic acids is 2. The SMILES string of the molecule is NC1CCCCC1.NCCCC[C@H](N)C(=O)O.O=C(O)Cc1ccccc1.O=Cc1ccc([N+](=O)[O-])cc1. The van der Waals surface area contributed by atoms with Gasteiger partial charge >= 0.3 is 11.9 Å². The molecule has 1 aliphatic rings. The predicted octanol–water partition coefficient (Wildman–Crippen LogP) is 3.53. The Balaban J connectivity index is 0.000000485. The molecule has 0 spiro atoms. The molecule has 11 nitrogen and oxygen atoms in total. The largest absolute Gasteiger partial charge is 0.481 e. The lowest BCUT2D eigenvalue weighted by Gasteiger charge is -2.15. The van der Waals surface area contributed by atoms with Gasteiger partial charge in [0.2, 0.25) is 0 Å². The molecule has 210 valence electrons.